The molecule has 2 rings (SSSR count). The Bertz CT molecular complexity index is 457. The lowest BCUT2D eigenvalue weighted by atomic mass is 9.96. The second-order valence-corrected chi connectivity index (χ2v) is 4.00. The first kappa shape index (κ1) is 9.16. The van der Waals surface area contributed by atoms with Crippen LogP contribution < -0.4 is 0 Å². The molecule has 0 aliphatic carbocycles. The van der Waals surface area contributed by atoms with Crippen molar-refractivity contribution in [3.05, 3.63) is 42.2 Å². The van der Waals surface area contributed by atoms with Gasteiger partial charge in [0.2, 0.25) is 0 Å². The molecule has 14 heavy (non-hydrogen) atoms. The molecule has 0 bridgehead atoms. The predicted molar refractivity (Wildman–Crippen MR) is 57.0 cm³/mol. The number of hydrogen-bond acceptors (Lipinski definition) is 2. The highest BCUT2D eigenvalue weighted by molar-refractivity contribution is 5.82. The number of benzene rings is 1. The molecule has 0 saturated heterocycles. The lowest BCUT2D eigenvalue weighted by Crippen LogP contribution is -2.14. The molecular formula is C12H13NO. The van der Waals surface area contributed by atoms with Crippen LogP contribution in [0.1, 0.15) is 19.4 Å². The maximum atomic E-state index is 9.83. The van der Waals surface area contributed by atoms with Crippen molar-refractivity contribution in [3.8, 4) is 0 Å². The Kier molecular flexibility index (Phi) is 2.01. The molecule has 72 valence electrons. The van der Waals surface area contributed by atoms with E-state index in [2.05, 4.69) is 4.98 Å². The van der Waals surface area contributed by atoms with Crippen molar-refractivity contribution in [1.29, 1.82) is 0 Å². The van der Waals surface area contributed by atoms with Gasteiger partial charge >= 0.3 is 0 Å². The summed E-state index contributed by atoms with van der Waals surface area (Å²) in [4.78, 5) is 4.05. The summed E-state index contributed by atoms with van der Waals surface area (Å²) in [6.45, 7) is 3.56. The third kappa shape index (κ3) is 1.61. The highest BCUT2D eigenvalue weighted by Crippen LogP contribution is 2.23. The Morgan fingerprint density at radius 1 is 1.14 bits per heavy atom. The second kappa shape index (κ2) is 3.07. The molecule has 0 atom stereocenters. The number of hydrogen-bond donors (Lipinski definition) is 1. The van der Waals surface area contributed by atoms with Crippen LogP contribution >= 0.6 is 0 Å². The molecule has 0 aliphatic rings. The molecule has 1 aromatic heterocycles. The van der Waals surface area contributed by atoms with Gasteiger partial charge in [-0.2, -0.15) is 0 Å². The summed E-state index contributed by atoms with van der Waals surface area (Å²) < 4.78 is 0. The lowest BCUT2D eigenvalue weighted by molar-refractivity contribution is 0.0787. The number of fused-ring (bicyclic) bond motifs is 1. The Morgan fingerprint density at radius 2 is 1.93 bits per heavy atom. The first-order chi connectivity index (χ1) is 6.57. The van der Waals surface area contributed by atoms with Crippen molar-refractivity contribution in [2.24, 2.45) is 0 Å². The number of aromatic nitrogens is 1. The van der Waals surface area contributed by atoms with E-state index in [9.17, 15) is 5.11 Å². The Labute approximate surface area is 83.2 Å². The number of nitrogens with zero attached hydrogens (tertiary/aromatic N) is 1. The molecule has 0 aliphatic heterocycles. The minimum absolute atomic E-state index is 0.788. The highest BCUT2D eigenvalue weighted by Gasteiger charge is 2.15. The zero-order valence-corrected chi connectivity index (χ0v) is 8.36. The maximum Gasteiger partial charge on any atom is 0.0840 e. The lowest BCUT2D eigenvalue weighted by Gasteiger charge is -2.17. The van der Waals surface area contributed by atoms with E-state index in [-0.39, 0.29) is 0 Å². The van der Waals surface area contributed by atoms with E-state index in [1.54, 1.807) is 20.0 Å². The Hall–Kier alpha value is -1.41. The molecule has 1 aromatic carbocycles. The van der Waals surface area contributed by atoms with E-state index >= 15 is 0 Å². The first-order valence-corrected chi connectivity index (χ1v) is 4.64. The fraction of sp³-hybridized carbons (Fsp3) is 0.250. The topological polar surface area (TPSA) is 33.1 Å². The monoisotopic (exact) mass is 187 g/mol. The number of pyridine rings is 1. The van der Waals surface area contributed by atoms with Gasteiger partial charge in [0.1, 0.15) is 0 Å². The molecule has 0 radical (unpaired) electrons. The van der Waals surface area contributed by atoms with Gasteiger partial charge in [-0.15, -0.1) is 0 Å². The molecule has 1 N–H and O–H groups in total. The number of aliphatic hydroxyl groups is 1. The third-order valence-corrected chi connectivity index (χ3v) is 2.35. The fourth-order valence-electron chi connectivity index (χ4n) is 1.47. The zero-order valence-electron chi connectivity index (χ0n) is 8.36. The molecule has 0 fully saturated rings. The highest BCUT2D eigenvalue weighted by atomic mass is 16.3. The molecule has 2 nitrogen and oxygen atoms in total. The van der Waals surface area contributed by atoms with Gasteiger partial charge in [0, 0.05) is 17.8 Å². The average molecular weight is 187 g/mol. The summed E-state index contributed by atoms with van der Waals surface area (Å²) in [5.74, 6) is 0. The summed E-state index contributed by atoms with van der Waals surface area (Å²) in [6.07, 6.45) is 3.58. The van der Waals surface area contributed by atoms with Crippen molar-refractivity contribution in [2.75, 3.05) is 0 Å². The van der Waals surface area contributed by atoms with Crippen molar-refractivity contribution in [1.82, 2.24) is 4.98 Å². The number of rotatable bonds is 1. The molecule has 1 heterocycles. The minimum atomic E-state index is -0.788. The summed E-state index contributed by atoms with van der Waals surface area (Å²) in [7, 11) is 0. The normalized spacial score (nSPS) is 11.9. The third-order valence-electron chi connectivity index (χ3n) is 2.35. The summed E-state index contributed by atoms with van der Waals surface area (Å²) >= 11 is 0. The van der Waals surface area contributed by atoms with E-state index in [4.69, 9.17) is 0 Å². The molecule has 0 spiro atoms. The summed E-state index contributed by atoms with van der Waals surface area (Å²) in [5.41, 5.74) is 0.127. The van der Waals surface area contributed by atoms with E-state index < -0.39 is 5.60 Å². The van der Waals surface area contributed by atoms with Crippen LogP contribution in [0.4, 0.5) is 0 Å². The maximum absolute atomic E-state index is 9.83. The van der Waals surface area contributed by atoms with Gasteiger partial charge in [0.15, 0.2) is 0 Å². The van der Waals surface area contributed by atoms with Crippen LogP contribution in [0.3, 0.4) is 0 Å². The van der Waals surface area contributed by atoms with Crippen LogP contribution in [-0.2, 0) is 5.60 Å². The smallest absolute Gasteiger partial charge is 0.0840 e. The van der Waals surface area contributed by atoms with E-state index in [1.807, 2.05) is 30.5 Å². The van der Waals surface area contributed by atoms with Crippen LogP contribution in [0.15, 0.2) is 36.7 Å². The van der Waals surface area contributed by atoms with Gasteiger partial charge in [-0.25, -0.2) is 0 Å². The largest absolute Gasteiger partial charge is 0.386 e. The molecule has 2 aromatic rings. The van der Waals surface area contributed by atoms with E-state index in [1.165, 1.54) is 0 Å². The minimum Gasteiger partial charge on any atom is -0.386 e. The Balaban J connectivity index is 2.63. The molecule has 0 unspecified atom stereocenters. The van der Waals surface area contributed by atoms with Gasteiger partial charge in [0.05, 0.1) is 5.60 Å². The zero-order chi connectivity index (χ0) is 10.2. The molecule has 2 heteroatoms. The summed E-state index contributed by atoms with van der Waals surface area (Å²) in [6, 6.07) is 7.89. The molecule has 0 saturated carbocycles. The van der Waals surface area contributed by atoms with Crippen molar-refractivity contribution < 1.29 is 5.11 Å². The van der Waals surface area contributed by atoms with Crippen LogP contribution in [0.25, 0.3) is 10.8 Å². The van der Waals surface area contributed by atoms with Gasteiger partial charge in [-0.3, -0.25) is 4.98 Å². The van der Waals surface area contributed by atoms with Crippen LogP contribution in [0.5, 0.6) is 0 Å². The molecule has 0 amide bonds. The standard InChI is InChI=1S/C12H13NO/c1-12(2,14)11-4-3-9-5-6-13-8-10(9)7-11/h3-8,14H,1-2H3. The van der Waals surface area contributed by atoms with Gasteiger partial charge in [-0.05, 0) is 36.9 Å². The van der Waals surface area contributed by atoms with Crippen molar-refractivity contribution in [2.45, 2.75) is 19.4 Å². The SMILES string of the molecule is CC(C)(O)c1ccc2ccncc2c1. The van der Waals surface area contributed by atoms with Crippen molar-refractivity contribution in [3.63, 3.8) is 0 Å². The van der Waals surface area contributed by atoms with Crippen LogP contribution in [0.2, 0.25) is 0 Å². The van der Waals surface area contributed by atoms with E-state index in [0.29, 0.717) is 0 Å². The van der Waals surface area contributed by atoms with Crippen LogP contribution in [0, 0.1) is 0 Å². The van der Waals surface area contributed by atoms with Gasteiger partial charge in [0.25, 0.3) is 0 Å². The predicted octanol–water partition coefficient (Wildman–Crippen LogP) is 2.46. The van der Waals surface area contributed by atoms with Crippen LogP contribution in [-0.4, -0.2) is 10.1 Å². The summed E-state index contributed by atoms with van der Waals surface area (Å²) in [5, 5.41) is 12.0. The van der Waals surface area contributed by atoms with Gasteiger partial charge < -0.3 is 5.11 Å². The second-order valence-electron chi connectivity index (χ2n) is 4.00. The Morgan fingerprint density at radius 3 is 2.64 bits per heavy atom. The fourth-order valence-corrected chi connectivity index (χ4v) is 1.47. The average Bonchev–Trinajstić information content (AvgIpc) is 2.16. The first-order valence-electron chi connectivity index (χ1n) is 4.64. The quantitative estimate of drug-likeness (QED) is 0.744. The van der Waals surface area contributed by atoms with E-state index in [0.717, 1.165) is 16.3 Å². The van der Waals surface area contributed by atoms with Gasteiger partial charge in [-0.1, -0.05) is 12.1 Å². The molecular weight excluding hydrogens is 174 g/mol. The van der Waals surface area contributed by atoms with Crippen molar-refractivity contribution >= 4 is 10.8 Å².